The summed E-state index contributed by atoms with van der Waals surface area (Å²) in [5.74, 6) is -0.143. The van der Waals surface area contributed by atoms with Crippen LogP contribution in [0.2, 0.25) is 0 Å². The van der Waals surface area contributed by atoms with E-state index < -0.39 is 0 Å². The molecule has 0 saturated heterocycles. The number of ether oxygens (including phenoxy) is 2. The quantitative estimate of drug-likeness (QED) is 0.118. The molecular weight excluding hydrogens is 388 g/mol. The second-order valence-electron chi connectivity index (χ2n) is 9.01. The molecule has 0 bridgehead atoms. The molecule has 0 aromatic rings. The van der Waals surface area contributed by atoms with Crippen molar-refractivity contribution in [2.75, 3.05) is 6.61 Å². The van der Waals surface area contributed by atoms with Crippen LogP contribution in [0, 0.1) is 0 Å². The van der Waals surface area contributed by atoms with Crippen LogP contribution in [0.3, 0.4) is 0 Å². The summed E-state index contributed by atoms with van der Waals surface area (Å²) in [6.07, 6.45) is 21.0. The maximum Gasteiger partial charge on any atom is 0.306 e. The summed E-state index contributed by atoms with van der Waals surface area (Å²) >= 11 is 0. The fourth-order valence-corrected chi connectivity index (χ4v) is 3.80. The van der Waals surface area contributed by atoms with Gasteiger partial charge in [-0.1, -0.05) is 97.8 Å². The minimum absolute atomic E-state index is 0.0311. The van der Waals surface area contributed by atoms with Crippen molar-refractivity contribution in [2.45, 2.75) is 155 Å². The van der Waals surface area contributed by atoms with Gasteiger partial charge in [-0.25, -0.2) is 0 Å². The lowest BCUT2D eigenvalue weighted by Gasteiger charge is -2.18. The van der Waals surface area contributed by atoms with E-state index in [2.05, 4.69) is 20.8 Å². The third-order valence-corrected chi connectivity index (χ3v) is 5.83. The standard InChI is InChI=1S/C27H52O4/c1-4-7-10-12-14-17-22-26(28)30-24-19-21-25(20-16-9-6-3)31-27(29)23-18-15-13-11-8-5-2/h25H,4-24H2,1-3H3. The van der Waals surface area contributed by atoms with Gasteiger partial charge in [0.15, 0.2) is 0 Å². The van der Waals surface area contributed by atoms with Crippen molar-refractivity contribution in [1.82, 2.24) is 0 Å². The zero-order chi connectivity index (χ0) is 23.0. The second-order valence-corrected chi connectivity index (χ2v) is 9.01. The molecule has 4 heteroatoms. The topological polar surface area (TPSA) is 52.6 Å². The van der Waals surface area contributed by atoms with E-state index in [9.17, 15) is 9.59 Å². The number of hydrogen-bond acceptors (Lipinski definition) is 4. The molecule has 1 unspecified atom stereocenters. The van der Waals surface area contributed by atoms with Crippen LogP contribution in [0.1, 0.15) is 149 Å². The normalized spacial score (nSPS) is 12.0. The number of unbranched alkanes of at least 4 members (excludes halogenated alkanes) is 12. The van der Waals surface area contributed by atoms with Crippen LogP contribution in [-0.4, -0.2) is 24.6 Å². The van der Waals surface area contributed by atoms with Crippen molar-refractivity contribution in [3.05, 3.63) is 0 Å². The van der Waals surface area contributed by atoms with E-state index in [1.54, 1.807) is 0 Å². The van der Waals surface area contributed by atoms with Gasteiger partial charge >= 0.3 is 11.9 Å². The maximum absolute atomic E-state index is 12.2. The first-order valence-electron chi connectivity index (χ1n) is 13.5. The third kappa shape index (κ3) is 21.9. The number of hydrogen-bond donors (Lipinski definition) is 0. The average Bonchev–Trinajstić information content (AvgIpc) is 2.76. The number of esters is 2. The highest BCUT2D eigenvalue weighted by molar-refractivity contribution is 5.69. The Balaban J connectivity index is 3.95. The van der Waals surface area contributed by atoms with Gasteiger partial charge in [0, 0.05) is 12.8 Å². The van der Waals surface area contributed by atoms with Gasteiger partial charge in [-0.05, 0) is 38.5 Å². The van der Waals surface area contributed by atoms with Crippen LogP contribution in [0.5, 0.6) is 0 Å². The Morgan fingerprint density at radius 3 is 1.58 bits per heavy atom. The summed E-state index contributed by atoms with van der Waals surface area (Å²) in [5, 5.41) is 0. The van der Waals surface area contributed by atoms with Crippen molar-refractivity contribution >= 4 is 11.9 Å². The monoisotopic (exact) mass is 440 g/mol. The van der Waals surface area contributed by atoms with Crippen LogP contribution in [0.25, 0.3) is 0 Å². The molecule has 0 fully saturated rings. The van der Waals surface area contributed by atoms with Crippen molar-refractivity contribution in [1.29, 1.82) is 0 Å². The fourth-order valence-electron chi connectivity index (χ4n) is 3.80. The van der Waals surface area contributed by atoms with Crippen molar-refractivity contribution in [3.8, 4) is 0 Å². The summed E-state index contributed by atoms with van der Waals surface area (Å²) in [6.45, 7) is 7.05. The van der Waals surface area contributed by atoms with Crippen LogP contribution in [-0.2, 0) is 19.1 Å². The fraction of sp³-hybridized carbons (Fsp3) is 0.926. The first kappa shape index (κ1) is 29.9. The molecule has 0 heterocycles. The maximum atomic E-state index is 12.2. The van der Waals surface area contributed by atoms with Crippen LogP contribution < -0.4 is 0 Å². The van der Waals surface area contributed by atoms with Gasteiger partial charge in [0.2, 0.25) is 0 Å². The summed E-state index contributed by atoms with van der Waals surface area (Å²) in [7, 11) is 0. The molecule has 0 amide bonds. The van der Waals surface area contributed by atoms with Crippen LogP contribution >= 0.6 is 0 Å². The van der Waals surface area contributed by atoms with Gasteiger partial charge in [0.05, 0.1) is 6.61 Å². The number of carbonyl (C=O) groups excluding carboxylic acids is 2. The molecule has 31 heavy (non-hydrogen) atoms. The Labute approximate surface area is 193 Å². The third-order valence-electron chi connectivity index (χ3n) is 5.83. The molecule has 0 aromatic heterocycles. The van der Waals surface area contributed by atoms with E-state index >= 15 is 0 Å². The van der Waals surface area contributed by atoms with E-state index in [1.807, 2.05) is 0 Å². The summed E-state index contributed by atoms with van der Waals surface area (Å²) < 4.78 is 11.1. The largest absolute Gasteiger partial charge is 0.466 e. The van der Waals surface area contributed by atoms with Gasteiger partial charge in [-0.15, -0.1) is 0 Å². The highest BCUT2D eigenvalue weighted by atomic mass is 16.5. The van der Waals surface area contributed by atoms with E-state index in [-0.39, 0.29) is 18.0 Å². The van der Waals surface area contributed by atoms with Crippen molar-refractivity contribution in [2.24, 2.45) is 0 Å². The van der Waals surface area contributed by atoms with E-state index in [1.165, 1.54) is 57.8 Å². The zero-order valence-electron chi connectivity index (χ0n) is 21.1. The van der Waals surface area contributed by atoms with Crippen LogP contribution in [0.15, 0.2) is 0 Å². The summed E-state index contributed by atoms with van der Waals surface area (Å²) in [4.78, 5) is 24.1. The molecule has 0 N–H and O–H groups in total. The SMILES string of the molecule is CCCCCCCCC(=O)OCCCC(CCCCC)OC(=O)CCCCCCCC. The van der Waals surface area contributed by atoms with Gasteiger partial charge in [-0.3, -0.25) is 9.59 Å². The van der Waals surface area contributed by atoms with Crippen molar-refractivity contribution < 1.29 is 19.1 Å². The molecule has 0 aromatic carbocycles. The molecule has 184 valence electrons. The van der Waals surface area contributed by atoms with E-state index in [4.69, 9.17) is 9.47 Å². The molecular formula is C27H52O4. The Kier molecular flexibility index (Phi) is 22.8. The minimum Gasteiger partial charge on any atom is -0.466 e. The van der Waals surface area contributed by atoms with Crippen molar-refractivity contribution in [3.63, 3.8) is 0 Å². The minimum atomic E-state index is -0.0851. The van der Waals surface area contributed by atoms with Gasteiger partial charge < -0.3 is 9.47 Å². The van der Waals surface area contributed by atoms with Crippen LogP contribution in [0.4, 0.5) is 0 Å². The number of rotatable bonds is 23. The van der Waals surface area contributed by atoms with E-state index in [0.29, 0.717) is 19.4 Å². The van der Waals surface area contributed by atoms with E-state index in [0.717, 1.165) is 57.8 Å². The highest BCUT2D eigenvalue weighted by Crippen LogP contribution is 2.15. The molecule has 0 radical (unpaired) electrons. The zero-order valence-corrected chi connectivity index (χ0v) is 21.1. The Hall–Kier alpha value is -1.06. The molecule has 4 nitrogen and oxygen atoms in total. The Morgan fingerprint density at radius 2 is 1.00 bits per heavy atom. The predicted octanol–water partition coefficient (Wildman–Crippen LogP) is 8.30. The molecule has 0 aliphatic heterocycles. The molecule has 1 atom stereocenters. The smallest absolute Gasteiger partial charge is 0.306 e. The molecule has 0 spiro atoms. The van der Waals surface area contributed by atoms with Gasteiger partial charge in [-0.2, -0.15) is 0 Å². The number of carbonyl (C=O) groups is 2. The Morgan fingerprint density at radius 1 is 0.548 bits per heavy atom. The molecule has 0 saturated carbocycles. The first-order valence-corrected chi connectivity index (χ1v) is 13.5. The second kappa shape index (κ2) is 23.6. The average molecular weight is 441 g/mol. The Bertz CT molecular complexity index is 408. The first-order chi connectivity index (χ1) is 15.1. The predicted molar refractivity (Wildman–Crippen MR) is 130 cm³/mol. The lowest BCUT2D eigenvalue weighted by Crippen LogP contribution is -2.19. The highest BCUT2D eigenvalue weighted by Gasteiger charge is 2.14. The van der Waals surface area contributed by atoms with Gasteiger partial charge in [0.1, 0.15) is 6.10 Å². The lowest BCUT2D eigenvalue weighted by atomic mass is 10.1. The molecule has 0 aliphatic rings. The van der Waals surface area contributed by atoms with Gasteiger partial charge in [0.25, 0.3) is 0 Å². The molecule has 0 aliphatic carbocycles. The molecule has 0 rings (SSSR count). The lowest BCUT2D eigenvalue weighted by molar-refractivity contribution is -0.151. The summed E-state index contributed by atoms with van der Waals surface area (Å²) in [5.41, 5.74) is 0. The summed E-state index contributed by atoms with van der Waals surface area (Å²) in [6, 6.07) is 0.